The Morgan fingerprint density at radius 2 is 1.88 bits per heavy atom. The van der Waals surface area contributed by atoms with Crippen LogP contribution in [0.1, 0.15) is 38.2 Å². The molecule has 0 radical (unpaired) electrons. The molecule has 0 spiro atoms. The SMILES string of the molecule is CCCCCC#CCc1ccc([N+](=O)[O-])cc1. The van der Waals surface area contributed by atoms with E-state index in [-0.39, 0.29) is 10.6 Å². The van der Waals surface area contributed by atoms with Crippen molar-refractivity contribution in [1.82, 2.24) is 0 Å². The van der Waals surface area contributed by atoms with Gasteiger partial charge in [0.15, 0.2) is 0 Å². The van der Waals surface area contributed by atoms with E-state index in [1.165, 1.54) is 25.0 Å². The molecule has 17 heavy (non-hydrogen) atoms. The molecule has 0 aromatic heterocycles. The predicted molar refractivity (Wildman–Crippen MR) is 68.7 cm³/mol. The van der Waals surface area contributed by atoms with Crippen LogP contribution in [0.4, 0.5) is 5.69 Å². The third-order valence-electron chi connectivity index (χ3n) is 2.47. The van der Waals surface area contributed by atoms with Gasteiger partial charge in [0, 0.05) is 25.0 Å². The topological polar surface area (TPSA) is 43.1 Å². The smallest absolute Gasteiger partial charge is 0.258 e. The van der Waals surface area contributed by atoms with Crippen LogP contribution in [-0.2, 0) is 6.42 Å². The molecule has 0 fully saturated rings. The van der Waals surface area contributed by atoms with Gasteiger partial charge in [-0.3, -0.25) is 10.1 Å². The van der Waals surface area contributed by atoms with Crippen LogP contribution >= 0.6 is 0 Å². The van der Waals surface area contributed by atoms with Crippen LogP contribution in [0.3, 0.4) is 0 Å². The van der Waals surface area contributed by atoms with Gasteiger partial charge in [-0.2, -0.15) is 0 Å². The highest BCUT2D eigenvalue weighted by molar-refractivity contribution is 5.34. The standard InChI is InChI=1S/C14H17NO2/c1-2-3-4-5-6-7-8-13-9-11-14(12-10-13)15(16)17/h9-12H,2-5,8H2,1H3. The Balaban J connectivity index is 2.39. The lowest BCUT2D eigenvalue weighted by Gasteiger charge is -1.94. The molecule has 0 N–H and O–H groups in total. The summed E-state index contributed by atoms with van der Waals surface area (Å²) in [6.45, 7) is 2.17. The van der Waals surface area contributed by atoms with Crippen molar-refractivity contribution in [2.75, 3.05) is 0 Å². The molecule has 1 aromatic rings. The zero-order valence-corrected chi connectivity index (χ0v) is 10.1. The van der Waals surface area contributed by atoms with Gasteiger partial charge in [0.05, 0.1) is 4.92 Å². The van der Waals surface area contributed by atoms with E-state index in [2.05, 4.69) is 18.8 Å². The maximum atomic E-state index is 10.5. The monoisotopic (exact) mass is 231 g/mol. The Bertz CT molecular complexity index is 412. The van der Waals surface area contributed by atoms with E-state index < -0.39 is 0 Å². The highest BCUT2D eigenvalue weighted by Crippen LogP contribution is 2.11. The molecule has 0 aliphatic heterocycles. The maximum absolute atomic E-state index is 10.5. The fourth-order valence-corrected chi connectivity index (χ4v) is 1.45. The van der Waals surface area contributed by atoms with Gasteiger partial charge in [0.2, 0.25) is 0 Å². The summed E-state index contributed by atoms with van der Waals surface area (Å²) < 4.78 is 0. The summed E-state index contributed by atoms with van der Waals surface area (Å²) in [6.07, 6.45) is 5.21. The molecular formula is C14H17NO2. The summed E-state index contributed by atoms with van der Waals surface area (Å²) in [6, 6.07) is 6.57. The minimum Gasteiger partial charge on any atom is -0.258 e. The van der Waals surface area contributed by atoms with Crippen LogP contribution in [0, 0.1) is 22.0 Å². The zero-order chi connectivity index (χ0) is 12.5. The Kier molecular flexibility index (Phi) is 5.81. The van der Waals surface area contributed by atoms with Crippen LogP contribution in [0.25, 0.3) is 0 Å². The molecule has 0 amide bonds. The minimum absolute atomic E-state index is 0.129. The summed E-state index contributed by atoms with van der Waals surface area (Å²) >= 11 is 0. The second kappa shape index (κ2) is 7.45. The number of benzene rings is 1. The summed E-state index contributed by atoms with van der Waals surface area (Å²) in [4.78, 5) is 10.1. The van der Waals surface area contributed by atoms with Gasteiger partial charge in [-0.25, -0.2) is 0 Å². The van der Waals surface area contributed by atoms with Gasteiger partial charge in [-0.15, -0.1) is 5.92 Å². The van der Waals surface area contributed by atoms with Crippen molar-refractivity contribution in [3.05, 3.63) is 39.9 Å². The summed E-state index contributed by atoms with van der Waals surface area (Å²) in [5, 5.41) is 10.5. The summed E-state index contributed by atoms with van der Waals surface area (Å²) in [7, 11) is 0. The van der Waals surface area contributed by atoms with Gasteiger partial charge in [-0.05, 0) is 12.0 Å². The molecule has 0 saturated heterocycles. The normalized spacial score (nSPS) is 9.47. The number of rotatable bonds is 5. The zero-order valence-electron chi connectivity index (χ0n) is 10.1. The van der Waals surface area contributed by atoms with Crippen molar-refractivity contribution in [2.45, 2.75) is 39.0 Å². The number of nitro groups is 1. The van der Waals surface area contributed by atoms with Gasteiger partial charge in [-0.1, -0.05) is 37.8 Å². The van der Waals surface area contributed by atoms with Crippen LogP contribution < -0.4 is 0 Å². The largest absolute Gasteiger partial charge is 0.269 e. The highest BCUT2D eigenvalue weighted by atomic mass is 16.6. The highest BCUT2D eigenvalue weighted by Gasteiger charge is 2.02. The second-order valence-electron chi connectivity index (χ2n) is 3.91. The lowest BCUT2D eigenvalue weighted by atomic mass is 10.1. The van der Waals surface area contributed by atoms with Gasteiger partial charge in [0.1, 0.15) is 0 Å². The van der Waals surface area contributed by atoms with Crippen molar-refractivity contribution < 1.29 is 4.92 Å². The molecule has 1 rings (SSSR count). The van der Waals surface area contributed by atoms with E-state index in [1.54, 1.807) is 12.1 Å². The molecule has 0 saturated carbocycles. The number of unbranched alkanes of at least 4 members (excludes halogenated alkanes) is 3. The molecule has 0 unspecified atom stereocenters. The van der Waals surface area contributed by atoms with Crippen molar-refractivity contribution in [3.8, 4) is 11.8 Å². The molecule has 1 aromatic carbocycles. The first-order valence-corrected chi connectivity index (χ1v) is 5.93. The van der Waals surface area contributed by atoms with Crippen molar-refractivity contribution in [1.29, 1.82) is 0 Å². The molecule has 3 heteroatoms. The van der Waals surface area contributed by atoms with E-state index in [9.17, 15) is 10.1 Å². The average Bonchev–Trinajstić information content (AvgIpc) is 2.34. The molecule has 90 valence electrons. The van der Waals surface area contributed by atoms with E-state index in [4.69, 9.17) is 0 Å². The molecule has 0 aliphatic carbocycles. The Morgan fingerprint density at radius 1 is 1.18 bits per heavy atom. The van der Waals surface area contributed by atoms with Gasteiger partial charge < -0.3 is 0 Å². The molecule has 3 nitrogen and oxygen atoms in total. The first-order valence-electron chi connectivity index (χ1n) is 5.93. The minimum atomic E-state index is -0.389. The van der Waals surface area contributed by atoms with E-state index in [1.807, 2.05) is 0 Å². The lowest BCUT2D eigenvalue weighted by Crippen LogP contribution is -1.88. The number of nitro benzene ring substituents is 1. The summed E-state index contributed by atoms with van der Waals surface area (Å²) in [5.41, 5.74) is 1.16. The molecule has 0 heterocycles. The van der Waals surface area contributed by atoms with Crippen LogP contribution in [0.5, 0.6) is 0 Å². The van der Waals surface area contributed by atoms with E-state index in [0.717, 1.165) is 18.4 Å². The Hall–Kier alpha value is -1.82. The van der Waals surface area contributed by atoms with Crippen molar-refractivity contribution in [2.24, 2.45) is 0 Å². The fraction of sp³-hybridized carbons (Fsp3) is 0.429. The number of hydrogen-bond acceptors (Lipinski definition) is 2. The van der Waals surface area contributed by atoms with E-state index >= 15 is 0 Å². The quantitative estimate of drug-likeness (QED) is 0.335. The third-order valence-corrected chi connectivity index (χ3v) is 2.47. The van der Waals surface area contributed by atoms with Gasteiger partial charge in [0.25, 0.3) is 5.69 Å². The lowest BCUT2D eigenvalue weighted by molar-refractivity contribution is -0.384. The first-order chi connectivity index (χ1) is 8.24. The number of non-ortho nitro benzene ring substituents is 1. The molecule has 0 bridgehead atoms. The van der Waals surface area contributed by atoms with Crippen molar-refractivity contribution >= 4 is 5.69 Å². The van der Waals surface area contributed by atoms with E-state index in [0.29, 0.717) is 6.42 Å². The Labute approximate surface area is 102 Å². The molecular weight excluding hydrogens is 214 g/mol. The van der Waals surface area contributed by atoms with Gasteiger partial charge >= 0.3 is 0 Å². The first kappa shape index (κ1) is 13.2. The molecule has 0 atom stereocenters. The van der Waals surface area contributed by atoms with Crippen LogP contribution in [0.15, 0.2) is 24.3 Å². The number of hydrogen-bond donors (Lipinski definition) is 0. The maximum Gasteiger partial charge on any atom is 0.269 e. The van der Waals surface area contributed by atoms with Crippen molar-refractivity contribution in [3.63, 3.8) is 0 Å². The predicted octanol–water partition coefficient (Wildman–Crippen LogP) is 3.72. The van der Waals surface area contributed by atoms with Crippen LogP contribution in [-0.4, -0.2) is 4.92 Å². The van der Waals surface area contributed by atoms with Crippen LogP contribution in [0.2, 0.25) is 0 Å². The number of nitrogens with zero attached hydrogens (tertiary/aromatic N) is 1. The fourth-order valence-electron chi connectivity index (χ4n) is 1.45. The second-order valence-corrected chi connectivity index (χ2v) is 3.91. The third kappa shape index (κ3) is 5.17. The molecule has 0 aliphatic rings. The summed E-state index contributed by atoms with van der Waals surface area (Å²) in [5.74, 6) is 6.21. The average molecular weight is 231 g/mol. The Morgan fingerprint density at radius 3 is 2.47 bits per heavy atom.